The van der Waals surface area contributed by atoms with E-state index < -0.39 is 29.4 Å². The summed E-state index contributed by atoms with van der Waals surface area (Å²) in [6.07, 6.45) is 4.63. The Morgan fingerprint density at radius 3 is 2.00 bits per heavy atom. The minimum absolute atomic E-state index is 0.00616. The average molecular weight is 324 g/mol. The third-order valence-electron chi connectivity index (χ3n) is 6.13. The highest BCUT2D eigenvalue weighted by molar-refractivity contribution is 5.88. The van der Waals surface area contributed by atoms with Crippen LogP contribution in [0.25, 0.3) is 0 Å². The van der Waals surface area contributed by atoms with Crippen LogP contribution >= 0.6 is 0 Å². The SMILES string of the molecule is N[C@@H](CCC(=O)NC1(C(=O)O)C2CC3CC(C2)CC1C3)C(=O)O. The molecule has 0 aliphatic heterocycles. The van der Waals surface area contributed by atoms with Crippen molar-refractivity contribution in [3.63, 3.8) is 0 Å². The molecule has 128 valence electrons. The fourth-order valence-electron chi connectivity index (χ4n) is 5.24. The van der Waals surface area contributed by atoms with Crippen LogP contribution in [0.4, 0.5) is 0 Å². The van der Waals surface area contributed by atoms with Crippen molar-refractivity contribution in [3.8, 4) is 0 Å². The third kappa shape index (κ3) is 2.71. The van der Waals surface area contributed by atoms with E-state index in [1.54, 1.807) is 0 Å². The summed E-state index contributed by atoms with van der Waals surface area (Å²) < 4.78 is 0. The highest BCUT2D eigenvalue weighted by Gasteiger charge is 2.62. The predicted octanol–water partition coefficient (Wildman–Crippen LogP) is 0.574. The van der Waals surface area contributed by atoms with Crippen LogP contribution < -0.4 is 11.1 Å². The summed E-state index contributed by atoms with van der Waals surface area (Å²) in [5.74, 6) is -1.31. The standard InChI is InChI=1S/C16H24N2O5/c17-12(14(20)21)1-2-13(19)18-16(15(22)23)10-4-8-3-9(6-10)7-11(16)5-8/h8-12H,1-7,17H2,(H,18,19)(H,20,21)(H,22,23)/t8?,9?,10?,11?,12-,16?/m0/s1. The summed E-state index contributed by atoms with van der Waals surface area (Å²) in [7, 11) is 0. The van der Waals surface area contributed by atoms with Gasteiger partial charge in [-0.2, -0.15) is 0 Å². The van der Waals surface area contributed by atoms with Gasteiger partial charge in [-0.1, -0.05) is 0 Å². The molecule has 0 aromatic carbocycles. The van der Waals surface area contributed by atoms with Crippen molar-refractivity contribution in [3.05, 3.63) is 0 Å². The van der Waals surface area contributed by atoms with Crippen molar-refractivity contribution in [2.75, 3.05) is 0 Å². The van der Waals surface area contributed by atoms with Gasteiger partial charge in [-0.3, -0.25) is 9.59 Å². The molecule has 7 nitrogen and oxygen atoms in total. The molecular formula is C16H24N2O5. The zero-order chi connectivity index (χ0) is 16.8. The second kappa shape index (κ2) is 5.78. The Kier molecular flexibility index (Phi) is 4.08. The molecular weight excluding hydrogens is 300 g/mol. The number of carbonyl (C=O) groups is 3. The Hall–Kier alpha value is -1.63. The number of aliphatic carboxylic acids is 2. The number of nitrogens with two attached hydrogens (primary N) is 1. The largest absolute Gasteiger partial charge is 0.480 e. The quantitative estimate of drug-likeness (QED) is 0.565. The summed E-state index contributed by atoms with van der Waals surface area (Å²) in [5, 5.41) is 21.4. The van der Waals surface area contributed by atoms with Gasteiger partial charge in [-0.05, 0) is 62.2 Å². The van der Waals surface area contributed by atoms with Crippen LogP contribution in [0.2, 0.25) is 0 Å². The lowest BCUT2D eigenvalue weighted by atomic mass is 9.48. The van der Waals surface area contributed by atoms with Crippen LogP contribution in [0.3, 0.4) is 0 Å². The maximum Gasteiger partial charge on any atom is 0.330 e. The molecule has 0 aromatic rings. The highest BCUT2D eigenvalue weighted by atomic mass is 16.4. The molecule has 23 heavy (non-hydrogen) atoms. The first-order valence-corrected chi connectivity index (χ1v) is 8.35. The fraction of sp³-hybridized carbons (Fsp3) is 0.812. The smallest absolute Gasteiger partial charge is 0.330 e. The Morgan fingerprint density at radius 2 is 1.57 bits per heavy atom. The van der Waals surface area contributed by atoms with Crippen molar-refractivity contribution in [1.29, 1.82) is 0 Å². The van der Waals surface area contributed by atoms with Gasteiger partial charge in [0.15, 0.2) is 0 Å². The van der Waals surface area contributed by atoms with Gasteiger partial charge < -0.3 is 21.3 Å². The first kappa shape index (κ1) is 16.2. The molecule has 4 rings (SSSR count). The molecule has 0 radical (unpaired) electrons. The third-order valence-corrected chi connectivity index (χ3v) is 6.13. The minimum atomic E-state index is -1.17. The number of hydrogen-bond donors (Lipinski definition) is 4. The van der Waals surface area contributed by atoms with E-state index in [0.717, 1.165) is 25.7 Å². The van der Waals surface area contributed by atoms with Gasteiger partial charge in [-0.25, -0.2) is 4.79 Å². The molecule has 4 aliphatic rings. The second-order valence-corrected chi connectivity index (χ2v) is 7.51. The van der Waals surface area contributed by atoms with Crippen LogP contribution in [0, 0.1) is 23.7 Å². The van der Waals surface area contributed by atoms with E-state index in [2.05, 4.69) is 5.32 Å². The molecule has 0 saturated heterocycles. The zero-order valence-electron chi connectivity index (χ0n) is 13.0. The molecule has 4 bridgehead atoms. The van der Waals surface area contributed by atoms with Gasteiger partial charge in [0.2, 0.25) is 5.91 Å². The number of nitrogens with one attached hydrogen (secondary N) is 1. The Morgan fingerprint density at radius 1 is 1.04 bits per heavy atom. The summed E-state index contributed by atoms with van der Waals surface area (Å²) in [4.78, 5) is 35.0. The molecule has 0 unspecified atom stereocenters. The molecule has 0 heterocycles. The number of carboxylic acids is 2. The van der Waals surface area contributed by atoms with E-state index in [0.29, 0.717) is 11.8 Å². The molecule has 0 spiro atoms. The zero-order valence-corrected chi connectivity index (χ0v) is 13.0. The lowest BCUT2D eigenvalue weighted by Crippen LogP contribution is -2.70. The first-order valence-electron chi connectivity index (χ1n) is 8.35. The lowest BCUT2D eigenvalue weighted by Gasteiger charge is -2.59. The average Bonchev–Trinajstić information content (AvgIpc) is 2.47. The molecule has 5 N–H and O–H groups in total. The molecule has 4 aliphatic carbocycles. The van der Waals surface area contributed by atoms with Gasteiger partial charge >= 0.3 is 11.9 Å². The summed E-state index contributed by atoms with van der Waals surface area (Å²) >= 11 is 0. The van der Waals surface area contributed by atoms with Crippen LogP contribution in [-0.4, -0.2) is 39.6 Å². The van der Waals surface area contributed by atoms with E-state index in [1.807, 2.05) is 0 Å². The maximum absolute atomic E-state index is 12.2. The second-order valence-electron chi connectivity index (χ2n) is 7.51. The predicted molar refractivity (Wildman–Crippen MR) is 80.4 cm³/mol. The number of amides is 1. The fourth-order valence-corrected chi connectivity index (χ4v) is 5.24. The van der Waals surface area contributed by atoms with Crippen molar-refractivity contribution < 1.29 is 24.6 Å². The van der Waals surface area contributed by atoms with Crippen LogP contribution in [0.5, 0.6) is 0 Å². The Bertz CT molecular complexity index is 505. The van der Waals surface area contributed by atoms with Crippen molar-refractivity contribution in [2.24, 2.45) is 29.4 Å². The maximum atomic E-state index is 12.2. The summed E-state index contributed by atoms with van der Waals surface area (Å²) in [6, 6.07) is -1.10. The molecule has 0 aromatic heterocycles. The van der Waals surface area contributed by atoms with Crippen molar-refractivity contribution in [1.82, 2.24) is 5.32 Å². The number of carbonyl (C=O) groups excluding carboxylic acids is 1. The van der Waals surface area contributed by atoms with E-state index >= 15 is 0 Å². The van der Waals surface area contributed by atoms with Gasteiger partial charge in [0.25, 0.3) is 0 Å². The number of hydrogen-bond acceptors (Lipinski definition) is 4. The van der Waals surface area contributed by atoms with E-state index in [9.17, 15) is 19.5 Å². The van der Waals surface area contributed by atoms with Crippen molar-refractivity contribution >= 4 is 17.8 Å². The topological polar surface area (TPSA) is 130 Å². The minimum Gasteiger partial charge on any atom is -0.480 e. The van der Waals surface area contributed by atoms with Crippen LogP contribution in [0.15, 0.2) is 0 Å². The van der Waals surface area contributed by atoms with E-state index in [4.69, 9.17) is 10.8 Å². The van der Waals surface area contributed by atoms with Gasteiger partial charge in [-0.15, -0.1) is 0 Å². The van der Waals surface area contributed by atoms with Gasteiger partial charge in [0, 0.05) is 6.42 Å². The molecule has 1 amide bonds. The summed E-state index contributed by atoms with van der Waals surface area (Å²) in [6.45, 7) is 0. The van der Waals surface area contributed by atoms with Crippen LogP contribution in [-0.2, 0) is 14.4 Å². The Balaban J connectivity index is 1.71. The summed E-state index contributed by atoms with van der Waals surface area (Å²) in [5.41, 5.74) is 4.24. The first-order chi connectivity index (χ1) is 10.8. The molecule has 4 saturated carbocycles. The molecule has 7 heteroatoms. The van der Waals surface area contributed by atoms with Gasteiger partial charge in [0.05, 0.1) is 0 Å². The monoisotopic (exact) mass is 324 g/mol. The normalized spacial score (nSPS) is 39.0. The highest BCUT2D eigenvalue weighted by Crippen LogP contribution is 2.58. The molecule has 1 atom stereocenters. The molecule has 4 fully saturated rings. The van der Waals surface area contributed by atoms with Crippen molar-refractivity contribution in [2.45, 2.75) is 56.5 Å². The van der Waals surface area contributed by atoms with E-state index in [-0.39, 0.29) is 24.7 Å². The lowest BCUT2D eigenvalue weighted by molar-refractivity contribution is -0.167. The van der Waals surface area contributed by atoms with Crippen LogP contribution in [0.1, 0.15) is 44.9 Å². The Labute approximate surface area is 134 Å². The number of carboxylic acid groups (broad SMARTS) is 2. The van der Waals surface area contributed by atoms with E-state index in [1.165, 1.54) is 6.42 Å². The van der Waals surface area contributed by atoms with Gasteiger partial charge in [0.1, 0.15) is 11.6 Å². The number of rotatable bonds is 6.